The number of Topliss-reactive ketones (excluding diaryl/α,β-unsaturated/α-hetero) is 1. The third-order valence-corrected chi connectivity index (χ3v) is 3.84. The molecule has 0 spiro atoms. The molecular formula is C18H14N2O3. The van der Waals surface area contributed by atoms with Gasteiger partial charge in [-0.05, 0) is 36.8 Å². The Morgan fingerprint density at radius 2 is 1.91 bits per heavy atom. The molecule has 1 aromatic heterocycles. The Balaban J connectivity index is 2.09. The fraction of sp³-hybridized carbons (Fsp3) is 0.111. The first-order chi connectivity index (χ1) is 11.0. The van der Waals surface area contributed by atoms with Crippen molar-refractivity contribution in [3.63, 3.8) is 0 Å². The number of aliphatic imine (C=N–C) groups is 1. The van der Waals surface area contributed by atoms with E-state index in [0.717, 1.165) is 5.56 Å². The zero-order valence-electron chi connectivity index (χ0n) is 12.4. The van der Waals surface area contributed by atoms with Gasteiger partial charge in [0.25, 0.3) is 0 Å². The van der Waals surface area contributed by atoms with Crippen LogP contribution in [0, 0.1) is 6.92 Å². The molecule has 3 rings (SSSR count). The van der Waals surface area contributed by atoms with E-state index in [-0.39, 0.29) is 11.3 Å². The predicted molar refractivity (Wildman–Crippen MR) is 86.0 cm³/mol. The van der Waals surface area contributed by atoms with Crippen molar-refractivity contribution in [1.29, 1.82) is 0 Å². The Hall–Kier alpha value is -3.08. The summed E-state index contributed by atoms with van der Waals surface area (Å²) < 4.78 is 0. The van der Waals surface area contributed by atoms with E-state index < -0.39 is 11.5 Å². The van der Waals surface area contributed by atoms with Crippen molar-refractivity contribution >= 4 is 18.0 Å². The van der Waals surface area contributed by atoms with Crippen LogP contribution in [-0.4, -0.2) is 28.1 Å². The van der Waals surface area contributed by atoms with Gasteiger partial charge in [0.2, 0.25) is 5.78 Å². The van der Waals surface area contributed by atoms with Gasteiger partial charge in [0, 0.05) is 18.0 Å². The molecule has 1 aliphatic heterocycles. The second kappa shape index (κ2) is 5.61. The number of carboxylic acids is 1. The number of carbonyl (C=O) groups excluding carboxylic acids is 1. The van der Waals surface area contributed by atoms with Gasteiger partial charge in [-0.15, -0.1) is 0 Å². The number of pyridine rings is 1. The molecule has 1 aromatic carbocycles. The van der Waals surface area contributed by atoms with Crippen LogP contribution in [0.25, 0.3) is 0 Å². The zero-order chi connectivity index (χ0) is 16.4. The van der Waals surface area contributed by atoms with Crippen molar-refractivity contribution in [2.45, 2.75) is 12.5 Å². The molecule has 0 radical (unpaired) electrons. The van der Waals surface area contributed by atoms with E-state index in [0.29, 0.717) is 11.3 Å². The Kier molecular flexibility index (Phi) is 3.62. The molecule has 0 aliphatic carbocycles. The van der Waals surface area contributed by atoms with Gasteiger partial charge in [-0.3, -0.25) is 14.8 Å². The molecule has 0 amide bonds. The molecule has 2 aromatic rings. The SMILES string of the molecule is Cc1ccccc1C(=O)C1(c2ccc(C(=O)O)cn2)C=CC=N1. The average molecular weight is 306 g/mol. The molecule has 114 valence electrons. The lowest BCUT2D eigenvalue weighted by Crippen LogP contribution is -2.32. The molecular weight excluding hydrogens is 292 g/mol. The highest BCUT2D eigenvalue weighted by molar-refractivity contribution is 6.08. The topological polar surface area (TPSA) is 79.6 Å². The highest BCUT2D eigenvalue weighted by Gasteiger charge is 2.41. The van der Waals surface area contributed by atoms with Crippen LogP contribution in [0.4, 0.5) is 0 Å². The molecule has 1 aliphatic rings. The number of rotatable bonds is 4. The summed E-state index contributed by atoms with van der Waals surface area (Å²) in [5.41, 5.74) is 0.664. The van der Waals surface area contributed by atoms with Crippen LogP contribution >= 0.6 is 0 Å². The molecule has 5 heteroatoms. The van der Waals surface area contributed by atoms with Crippen molar-refractivity contribution in [1.82, 2.24) is 4.98 Å². The summed E-state index contributed by atoms with van der Waals surface area (Å²) >= 11 is 0. The lowest BCUT2D eigenvalue weighted by molar-refractivity contribution is 0.0696. The molecule has 1 atom stereocenters. The number of hydrogen-bond acceptors (Lipinski definition) is 4. The van der Waals surface area contributed by atoms with Crippen LogP contribution in [0.1, 0.15) is 32.0 Å². The molecule has 0 saturated carbocycles. The second-order valence-corrected chi connectivity index (χ2v) is 5.28. The fourth-order valence-corrected chi connectivity index (χ4v) is 2.57. The quantitative estimate of drug-likeness (QED) is 0.881. The summed E-state index contributed by atoms with van der Waals surface area (Å²) in [6.07, 6.45) is 6.18. The van der Waals surface area contributed by atoms with Gasteiger partial charge in [0.05, 0.1) is 11.3 Å². The minimum absolute atomic E-state index is 0.0678. The first kappa shape index (κ1) is 14.8. The summed E-state index contributed by atoms with van der Waals surface area (Å²) in [7, 11) is 0. The maximum absolute atomic E-state index is 13.1. The largest absolute Gasteiger partial charge is 0.478 e. The Morgan fingerprint density at radius 1 is 1.13 bits per heavy atom. The first-order valence-corrected chi connectivity index (χ1v) is 7.08. The van der Waals surface area contributed by atoms with Crippen LogP contribution in [0.3, 0.4) is 0 Å². The highest BCUT2D eigenvalue weighted by Crippen LogP contribution is 2.33. The third-order valence-electron chi connectivity index (χ3n) is 3.84. The Bertz CT molecular complexity index is 824. The summed E-state index contributed by atoms with van der Waals surface area (Å²) in [4.78, 5) is 32.5. The van der Waals surface area contributed by atoms with Crippen LogP contribution in [0.5, 0.6) is 0 Å². The van der Waals surface area contributed by atoms with E-state index in [1.54, 1.807) is 30.5 Å². The number of nitrogens with zero attached hydrogens (tertiary/aromatic N) is 2. The molecule has 5 nitrogen and oxygen atoms in total. The summed E-state index contributed by atoms with van der Waals surface area (Å²) in [5, 5.41) is 8.98. The number of ketones is 1. The maximum atomic E-state index is 13.1. The minimum Gasteiger partial charge on any atom is -0.478 e. The zero-order valence-corrected chi connectivity index (χ0v) is 12.4. The van der Waals surface area contributed by atoms with Gasteiger partial charge in [-0.25, -0.2) is 4.79 Å². The first-order valence-electron chi connectivity index (χ1n) is 7.08. The van der Waals surface area contributed by atoms with Gasteiger partial charge in [-0.2, -0.15) is 0 Å². The lowest BCUT2D eigenvalue weighted by Gasteiger charge is -2.23. The summed E-state index contributed by atoms with van der Waals surface area (Å²) in [6, 6.07) is 10.3. The van der Waals surface area contributed by atoms with Gasteiger partial charge in [-0.1, -0.05) is 24.3 Å². The van der Waals surface area contributed by atoms with Crippen molar-refractivity contribution in [2.24, 2.45) is 4.99 Å². The highest BCUT2D eigenvalue weighted by atomic mass is 16.4. The lowest BCUT2D eigenvalue weighted by atomic mass is 9.85. The monoisotopic (exact) mass is 306 g/mol. The van der Waals surface area contributed by atoms with E-state index in [9.17, 15) is 9.59 Å². The number of hydrogen-bond donors (Lipinski definition) is 1. The molecule has 0 saturated heterocycles. The summed E-state index contributed by atoms with van der Waals surface area (Å²) in [6.45, 7) is 1.87. The minimum atomic E-state index is -1.23. The molecule has 2 heterocycles. The molecule has 23 heavy (non-hydrogen) atoms. The summed E-state index contributed by atoms with van der Waals surface area (Å²) in [5.74, 6) is -1.25. The molecule has 0 bridgehead atoms. The van der Waals surface area contributed by atoms with Crippen LogP contribution in [-0.2, 0) is 5.54 Å². The van der Waals surface area contributed by atoms with Crippen LogP contribution in [0.15, 0.2) is 59.7 Å². The van der Waals surface area contributed by atoms with Crippen molar-refractivity contribution < 1.29 is 14.7 Å². The predicted octanol–water partition coefficient (Wildman–Crippen LogP) is 2.81. The second-order valence-electron chi connectivity index (χ2n) is 5.28. The standard InChI is InChI=1S/C18H14N2O3/c1-12-5-2-3-6-14(12)16(21)18(9-4-10-20-18)15-8-7-13(11-19-15)17(22)23/h2-11H,1H3,(H,22,23). The molecule has 1 N–H and O–H groups in total. The van der Waals surface area contributed by atoms with Gasteiger partial charge in [0.1, 0.15) is 0 Å². The van der Waals surface area contributed by atoms with E-state index in [2.05, 4.69) is 9.98 Å². The number of aromatic nitrogens is 1. The Labute approximate surface area is 133 Å². The van der Waals surface area contributed by atoms with Crippen LogP contribution < -0.4 is 0 Å². The number of allylic oxidation sites excluding steroid dienone is 1. The van der Waals surface area contributed by atoms with E-state index in [4.69, 9.17) is 5.11 Å². The Morgan fingerprint density at radius 3 is 2.48 bits per heavy atom. The molecule has 1 unspecified atom stereocenters. The van der Waals surface area contributed by atoms with Crippen molar-refractivity contribution in [2.75, 3.05) is 0 Å². The van der Waals surface area contributed by atoms with Gasteiger partial charge in [0.15, 0.2) is 5.54 Å². The van der Waals surface area contributed by atoms with Gasteiger partial charge < -0.3 is 5.11 Å². The van der Waals surface area contributed by atoms with Crippen LogP contribution in [0.2, 0.25) is 0 Å². The fourth-order valence-electron chi connectivity index (χ4n) is 2.57. The number of benzene rings is 1. The van der Waals surface area contributed by atoms with E-state index in [1.807, 2.05) is 19.1 Å². The number of aryl methyl sites for hydroxylation is 1. The third kappa shape index (κ3) is 2.46. The van der Waals surface area contributed by atoms with Gasteiger partial charge >= 0.3 is 5.97 Å². The molecule has 0 fully saturated rings. The van der Waals surface area contributed by atoms with Crippen molar-refractivity contribution in [3.05, 3.63) is 77.1 Å². The van der Waals surface area contributed by atoms with E-state index >= 15 is 0 Å². The maximum Gasteiger partial charge on any atom is 0.337 e. The average Bonchev–Trinajstić information content (AvgIpc) is 3.06. The normalized spacial score (nSPS) is 19.0. The number of aromatic carboxylic acids is 1. The smallest absolute Gasteiger partial charge is 0.337 e. The van der Waals surface area contributed by atoms with E-state index in [1.165, 1.54) is 18.3 Å². The number of carbonyl (C=O) groups is 2. The van der Waals surface area contributed by atoms with Crippen molar-refractivity contribution in [3.8, 4) is 0 Å². The number of carboxylic acid groups (broad SMARTS) is 1.